The van der Waals surface area contributed by atoms with Crippen molar-refractivity contribution in [2.24, 2.45) is 11.8 Å². The van der Waals surface area contributed by atoms with Crippen molar-refractivity contribution in [2.75, 3.05) is 26.7 Å². The summed E-state index contributed by atoms with van der Waals surface area (Å²) in [6.07, 6.45) is 4.32. The molecule has 5 nitrogen and oxygen atoms in total. The number of amides is 2. The number of benzene rings is 1. The van der Waals surface area contributed by atoms with E-state index in [9.17, 15) is 9.59 Å². The predicted molar refractivity (Wildman–Crippen MR) is 97.1 cm³/mol. The molecule has 25 heavy (non-hydrogen) atoms. The van der Waals surface area contributed by atoms with Crippen LogP contribution in [0.1, 0.15) is 31.7 Å². The van der Waals surface area contributed by atoms with Gasteiger partial charge in [-0.25, -0.2) is 0 Å². The van der Waals surface area contributed by atoms with Crippen LogP contribution >= 0.6 is 0 Å². The lowest BCUT2D eigenvalue weighted by Crippen LogP contribution is -2.37. The minimum absolute atomic E-state index is 0.0978. The summed E-state index contributed by atoms with van der Waals surface area (Å²) >= 11 is 0. The van der Waals surface area contributed by atoms with Gasteiger partial charge in [0.15, 0.2) is 0 Å². The molecule has 1 heterocycles. The Bertz CT molecular complexity index is 666. The molecule has 0 saturated heterocycles. The average molecular weight is 342 g/mol. The first-order valence-electron chi connectivity index (χ1n) is 8.97. The number of carbonyl (C=O) groups is 2. The molecule has 1 fully saturated rings. The summed E-state index contributed by atoms with van der Waals surface area (Å²) < 4.78 is 5.18. The number of hydrogen-bond acceptors (Lipinski definition) is 3. The van der Waals surface area contributed by atoms with Crippen molar-refractivity contribution in [1.29, 1.82) is 0 Å². The molecule has 3 rings (SSSR count). The third-order valence-electron chi connectivity index (χ3n) is 5.11. The van der Waals surface area contributed by atoms with Gasteiger partial charge in [0.25, 0.3) is 0 Å². The van der Waals surface area contributed by atoms with E-state index in [1.807, 2.05) is 17.0 Å². The zero-order chi connectivity index (χ0) is 17.8. The molecule has 2 atom stereocenters. The van der Waals surface area contributed by atoms with Gasteiger partial charge in [-0.3, -0.25) is 9.59 Å². The number of rotatable bonds is 6. The summed E-state index contributed by atoms with van der Waals surface area (Å²) in [5, 5.41) is 2.88. The first-order valence-corrected chi connectivity index (χ1v) is 8.97. The van der Waals surface area contributed by atoms with Crippen molar-refractivity contribution in [3.05, 3.63) is 35.9 Å². The van der Waals surface area contributed by atoms with Gasteiger partial charge in [0.05, 0.1) is 7.11 Å². The fourth-order valence-electron chi connectivity index (χ4n) is 3.23. The molecular formula is C20H26N2O3. The summed E-state index contributed by atoms with van der Waals surface area (Å²) in [6, 6.07) is 8.02. The third kappa shape index (κ3) is 4.41. The number of methoxy groups -OCH3 is 1. The molecule has 2 amide bonds. The zero-order valence-corrected chi connectivity index (χ0v) is 15.0. The molecular weight excluding hydrogens is 316 g/mol. The third-order valence-corrected chi connectivity index (χ3v) is 5.11. The van der Waals surface area contributed by atoms with Crippen LogP contribution in [0.2, 0.25) is 0 Å². The lowest BCUT2D eigenvalue weighted by Gasteiger charge is -2.27. The van der Waals surface area contributed by atoms with Gasteiger partial charge in [-0.1, -0.05) is 25.1 Å². The summed E-state index contributed by atoms with van der Waals surface area (Å²) in [6.45, 7) is 3.88. The minimum atomic E-state index is 0.0978. The van der Waals surface area contributed by atoms with Gasteiger partial charge in [0, 0.05) is 32.0 Å². The molecule has 134 valence electrons. The van der Waals surface area contributed by atoms with E-state index in [-0.39, 0.29) is 17.7 Å². The van der Waals surface area contributed by atoms with Crippen LogP contribution in [0, 0.1) is 11.8 Å². The average Bonchev–Trinajstić information content (AvgIpc) is 3.38. The minimum Gasteiger partial charge on any atom is -0.497 e. The van der Waals surface area contributed by atoms with Crippen molar-refractivity contribution >= 4 is 17.4 Å². The van der Waals surface area contributed by atoms with E-state index in [2.05, 4.69) is 30.4 Å². The Morgan fingerprint density at radius 2 is 2.00 bits per heavy atom. The van der Waals surface area contributed by atoms with Gasteiger partial charge in [-0.15, -0.1) is 0 Å². The first kappa shape index (κ1) is 17.5. The monoisotopic (exact) mass is 342 g/mol. The highest BCUT2D eigenvalue weighted by molar-refractivity contribution is 5.83. The molecule has 1 saturated carbocycles. The molecule has 0 unspecified atom stereocenters. The van der Waals surface area contributed by atoms with Crippen LogP contribution in [0.15, 0.2) is 30.3 Å². The van der Waals surface area contributed by atoms with E-state index in [4.69, 9.17) is 4.74 Å². The molecule has 1 aliphatic carbocycles. The molecule has 1 aromatic carbocycles. The Labute approximate surface area is 149 Å². The van der Waals surface area contributed by atoms with Crippen LogP contribution < -0.4 is 10.1 Å². The van der Waals surface area contributed by atoms with E-state index in [1.165, 1.54) is 11.1 Å². The van der Waals surface area contributed by atoms with Gasteiger partial charge < -0.3 is 15.0 Å². The quantitative estimate of drug-likeness (QED) is 0.864. The molecule has 5 heteroatoms. The number of hydrogen-bond donors (Lipinski definition) is 1. The van der Waals surface area contributed by atoms with Crippen LogP contribution in [-0.4, -0.2) is 43.5 Å². The van der Waals surface area contributed by atoms with Crippen molar-refractivity contribution in [3.8, 4) is 5.75 Å². The molecule has 1 aliphatic heterocycles. The summed E-state index contributed by atoms with van der Waals surface area (Å²) in [4.78, 5) is 25.9. The largest absolute Gasteiger partial charge is 0.497 e. The number of ether oxygens (including phenoxy) is 1. The van der Waals surface area contributed by atoms with E-state index >= 15 is 0 Å². The maximum absolute atomic E-state index is 12.3. The van der Waals surface area contributed by atoms with Gasteiger partial charge in [-0.05, 0) is 42.0 Å². The molecule has 2 aliphatic rings. The number of nitrogens with one attached hydrogen (secondary N) is 1. The Hall–Kier alpha value is -2.30. The topological polar surface area (TPSA) is 58.6 Å². The molecule has 1 aromatic rings. The van der Waals surface area contributed by atoms with Gasteiger partial charge in [0.1, 0.15) is 5.75 Å². The predicted octanol–water partition coefficient (Wildman–Crippen LogP) is 2.47. The van der Waals surface area contributed by atoms with Gasteiger partial charge >= 0.3 is 0 Å². The number of carbonyl (C=O) groups excluding carboxylic acids is 2. The number of nitrogens with zero attached hydrogens (tertiary/aromatic N) is 1. The second-order valence-electron chi connectivity index (χ2n) is 6.91. The Balaban J connectivity index is 1.44. The maximum Gasteiger partial charge on any atom is 0.224 e. The molecule has 0 radical (unpaired) electrons. The molecule has 0 spiro atoms. The van der Waals surface area contributed by atoms with Crippen LogP contribution in [0.5, 0.6) is 5.75 Å². The van der Waals surface area contributed by atoms with Crippen molar-refractivity contribution in [2.45, 2.75) is 26.2 Å². The highest BCUT2D eigenvalue weighted by Crippen LogP contribution is 2.37. The van der Waals surface area contributed by atoms with E-state index < -0.39 is 0 Å². The lowest BCUT2D eigenvalue weighted by atomic mass is 9.99. The fourth-order valence-corrected chi connectivity index (χ4v) is 3.23. The molecule has 0 bridgehead atoms. The Morgan fingerprint density at radius 3 is 2.56 bits per heavy atom. The standard InChI is InChI=1S/C20H26N2O3/c1-14-13-18(14)20(24)21-10-7-19(23)22-11-8-16(9-12-22)15-3-5-17(25-2)6-4-15/h3-6,8,14,18H,7,9-13H2,1-2H3,(H,21,24)/t14-,18+/m0/s1. The van der Waals surface area contributed by atoms with Crippen molar-refractivity contribution < 1.29 is 14.3 Å². The fraction of sp³-hybridized carbons (Fsp3) is 0.500. The van der Waals surface area contributed by atoms with Crippen LogP contribution in [-0.2, 0) is 9.59 Å². The first-order chi connectivity index (χ1) is 12.1. The van der Waals surface area contributed by atoms with Gasteiger partial charge in [-0.2, -0.15) is 0 Å². The molecule has 1 N–H and O–H groups in total. The molecule has 0 aromatic heterocycles. The Kier molecular flexibility index (Phi) is 5.41. The Morgan fingerprint density at radius 1 is 1.28 bits per heavy atom. The van der Waals surface area contributed by atoms with E-state index in [0.717, 1.165) is 25.1 Å². The van der Waals surface area contributed by atoms with Crippen LogP contribution in [0.25, 0.3) is 5.57 Å². The summed E-state index contributed by atoms with van der Waals surface area (Å²) in [5.41, 5.74) is 2.45. The van der Waals surface area contributed by atoms with Crippen molar-refractivity contribution in [3.63, 3.8) is 0 Å². The van der Waals surface area contributed by atoms with Crippen molar-refractivity contribution in [1.82, 2.24) is 10.2 Å². The lowest BCUT2D eigenvalue weighted by molar-refractivity contribution is -0.130. The van der Waals surface area contributed by atoms with Gasteiger partial charge in [0.2, 0.25) is 11.8 Å². The highest BCUT2D eigenvalue weighted by Gasteiger charge is 2.38. The van der Waals surface area contributed by atoms with E-state index in [1.54, 1.807) is 7.11 Å². The SMILES string of the molecule is COc1ccc(C2=CCN(C(=O)CCNC(=O)[C@@H]3C[C@@H]3C)CC2)cc1. The summed E-state index contributed by atoms with van der Waals surface area (Å²) in [5.74, 6) is 1.72. The van der Waals surface area contributed by atoms with Crippen LogP contribution in [0.4, 0.5) is 0 Å². The maximum atomic E-state index is 12.3. The zero-order valence-electron chi connectivity index (χ0n) is 15.0. The highest BCUT2D eigenvalue weighted by atomic mass is 16.5. The smallest absolute Gasteiger partial charge is 0.224 e. The van der Waals surface area contributed by atoms with Crippen LogP contribution in [0.3, 0.4) is 0 Å². The normalized spacial score (nSPS) is 22.2. The van der Waals surface area contributed by atoms with E-state index in [0.29, 0.717) is 25.4 Å². The summed E-state index contributed by atoms with van der Waals surface area (Å²) in [7, 11) is 1.66. The second-order valence-corrected chi connectivity index (χ2v) is 6.91. The second kappa shape index (κ2) is 7.72.